The maximum Gasteiger partial charge on any atom is 0.317 e. The number of fused-ring (bicyclic) bond motifs is 1. The minimum absolute atomic E-state index is 0.00990. The molecule has 0 unspecified atom stereocenters. The number of carbonyl (C=O) groups excluding carboxylic acids is 2. The van der Waals surface area contributed by atoms with E-state index >= 15 is 0 Å². The molecule has 2 aliphatic heterocycles. The molecule has 144 valence electrons. The summed E-state index contributed by atoms with van der Waals surface area (Å²) in [5, 5.41) is 3.80. The Morgan fingerprint density at radius 3 is 2.44 bits per heavy atom. The number of anilines is 1. The first-order chi connectivity index (χ1) is 13.2. The highest BCUT2D eigenvalue weighted by molar-refractivity contribution is 7.22. The second-order valence-corrected chi connectivity index (χ2v) is 8.05. The Balaban J connectivity index is 1.25. The van der Waals surface area contributed by atoms with Crippen LogP contribution in [-0.2, 0) is 4.79 Å². The quantitative estimate of drug-likeness (QED) is 0.876. The van der Waals surface area contributed by atoms with E-state index in [9.17, 15) is 9.59 Å². The summed E-state index contributed by atoms with van der Waals surface area (Å²) >= 11 is 1.69. The highest BCUT2D eigenvalue weighted by Crippen LogP contribution is 2.29. The van der Waals surface area contributed by atoms with E-state index in [0.29, 0.717) is 13.1 Å². The Kier molecular flexibility index (Phi) is 5.42. The van der Waals surface area contributed by atoms with Crippen molar-refractivity contribution in [2.45, 2.75) is 19.3 Å². The van der Waals surface area contributed by atoms with Crippen LogP contribution in [0.1, 0.15) is 19.3 Å². The van der Waals surface area contributed by atoms with Crippen LogP contribution in [-0.4, -0.2) is 72.5 Å². The van der Waals surface area contributed by atoms with Gasteiger partial charge in [0.2, 0.25) is 5.91 Å². The fraction of sp³-hybridized carbons (Fsp3) is 0.526. The number of likely N-dealkylation sites (tertiary alicyclic amines) is 1. The van der Waals surface area contributed by atoms with Crippen LogP contribution in [0.5, 0.6) is 0 Å². The number of benzene rings is 1. The van der Waals surface area contributed by atoms with Gasteiger partial charge in [-0.05, 0) is 31.4 Å². The number of carbonyl (C=O) groups is 2. The van der Waals surface area contributed by atoms with E-state index in [1.807, 2.05) is 28.0 Å². The van der Waals surface area contributed by atoms with Crippen molar-refractivity contribution in [3.63, 3.8) is 0 Å². The molecule has 1 N–H and O–H groups in total. The van der Waals surface area contributed by atoms with Gasteiger partial charge in [-0.15, -0.1) is 0 Å². The van der Waals surface area contributed by atoms with Crippen LogP contribution >= 0.6 is 11.3 Å². The van der Waals surface area contributed by atoms with Gasteiger partial charge >= 0.3 is 6.03 Å². The number of hydrogen-bond acceptors (Lipinski definition) is 5. The van der Waals surface area contributed by atoms with Gasteiger partial charge < -0.3 is 20.0 Å². The van der Waals surface area contributed by atoms with Gasteiger partial charge in [-0.1, -0.05) is 23.5 Å². The van der Waals surface area contributed by atoms with E-state index in [0.717, 1.165) is 49.7 Å². The molecule has 0 radical (unpaired) electrons. The molecule has 3 amide bonds. The normalized spacial score (nSPS) is 18.0. The lowest BCUT2D eigenvalue weighted by Crippen LogP contribution is -2.52. The predicted octanol–water partition coefficient (Wildman–Crippen LogP) is 2.14. The summed E-state index contributed by atoms with van der Waals surface area (Å²) in [5.74, 6) is -0.00990. The summed E-state index contributed by atoms with van der Waals surface area (Å²) in [5.41, 5.74) is 1.02. The molecule has 0 saturated carbocycles. The van der Waals surface area contributed by atoms with E-state index in [4.69, 9.17) is 4.98 Å². The zero-order valence-corrected chi connectivity index (χ0v) is 16.2. The van der Waals surface area contributed by atoms with E-state index in [1.54, 1.807) is 11.3 Å². The Bertz CT molecular complexity index is 776. The van der Waals surface area contributed by atoms with Crippen LogP contribution < -0.4 is 10.2 Å². The molecule has 1 aromatic carbocycles. The van der Waals surface area contributed by atoms with Crippen molar-refractivity contribution < 1.29 is 9.59 Å². The number of hydrogen-bond donors (Lipinski definition) is 1. The van der Waals surface area contributed by atoms with Gasteiger partial charge in [0.1, 0.15) is 0 Å². The Hall–Kier alpha value is -2.35. The van der Waals surface area contributed by atoms with Gasteiger partial charge in [-0.3, -0.25) is 4.79 Å². The van der Waals surface area contributed by atoms with Gasteiger partial charge in [0.15, 0.2) is 5.13 Å². The van der Waals surface area contributed by atoms with Crippen LogP contribution in [0.4, 0.5) is 9.93 Å². The number of nitrogens with zero attached hydrogens (tertiary/aromatic N) is 4. The van der Waals surface area contributed by atoms with Gasteiger partial charge in [0, 0.05) is 39.3 Å². The number of piperazine rings is 1. The highest BCUT2D eigenvalue weighted by Gasteiger charge is 2.24. The molecule has 2 saturated heterocycles. The van der Waals surface area contributed by atoms with Crippen molar-refractivity contribution in [2.24, 2.45) is 0 Å². The number of thiazole rings is 1. The molecule has 2 aromatic rings. The molecular formula is C19H25N5O2S. The number of urea groups is 1. The average Bonchev–Trinajstić information content (AvgIpc) is 3.17. The Labute approximate surface area is 162 Å². The third kappa shape index (κ3) is 4.16. The summed E-state index contributed by atoms with van der Waals surface area (Å²) < 4.78 is 1.19. The van der Waals surface area contributed by atoms with E-state index in [2.05, 4.69) is 16.3 Å². The Morgan fingerprint density at radius 1 is 0.963 bits per heavy atom. The molecule has 4 rings (SSSR count). The van der Waals surface area contributed by atoms with Crippen molar-refractivity contribution in [3.8, 4) is 0 Å². The largest absolute Gasteiger partial charge is 0.345 e. The minimum atomic E-state index is -0.115. The lowest BCUT2D eigenvalue weighted by atomic mass is 10.1. The number of para-hydroxylation sites is 1. The van der Waals surface area contributed by atoms with Crippen LogP contribution in [0.15, 0.2) is 24.3 Å². The summed E-state index contributed by atoms with van der Waals surface area (Å²) in [4.78, 5) is 35.1. The van der Waals surface area contributed by atoms with E-state index in [-0.39, 0.29) is 18.5 Å². The zero-order valence-electron chi connectivity index (χ0n) is 15.4. The average molecular weight is 388 g/mol. The smallest absolute Gasteiger partial charge is 0.317 e. The topological polar surface area (TPSA) is 68.8 Å². The maximum absolute atomic E-state index is 12.4. The molecule has 27 heavy (non-hydrogen) atoms. The number of nitrogens with one attached hydrogen (secondary N) is 1. The first-order valence-electron chi connectivity index (χ1n) is 9.62. The van der Waals surface area contributed by atoms with Gasteiger partial charge in [-0.25, -0.2) is 9.78 Å². The molecule has 8 heteroatoms. The standard InChI is InChI=1S/C19H25N5O2S/c25-17(14-20-18(26)23-8-4-1-5-9-23)22-10-12-24(13-11-22)19-21-15-6-2-3-7-16(15)27-19/h2-3,6-7H,1,4-5,8-14H2,(H,20,26). The summed E-state index contributed by atoms with van der Waals surface area (Å²) in [6, 6.07) is 8.03. The fourth-order valence-corrected chi connectivity index (χ4v) is 4.63. The molecule has 1 aromatic heterocycles. The monoisotopic (exact) mass is 387 g/mol. The molecule has 0 aliphatic carbocycles. The number of aromatic nitrogens is 1. The highest BCUT2D eigenvalue weighted by atomic mass is 32.1. The first kappa shape index (κ1) is 18.0. The lowest BCUT2D eigenvalue weighted by molar-refractivity contribution is -0.130. The van der Waals surface area contributed by atoms with Crippen LogP contribution in [0, 0.1) is 0 Å². The van der Waals surface area contributed by atoms with Crippen LogP contribution in [0.25, 0.3) is 10.2 Å². The van der Waals surface area contributed by atoms with E-state index in [1.165, 1.54) is 11.1 Å². The predicted molar refractivity (Wildman–Crippen MR) is 107 cm³/mol. The van der Waals surface area contributed by atoms with Crippen molar-refractivity contribution >= 4 is 38.6 Å². The van der Waals surface area contributed by atoms with Gasteiger partial charge in [-0.2, -0.15) is 0 Å². The minimum Gasteiger partial charge on any atom is -0.345 e. The van der Waals surface area contributed by atoms with Gasteiger partial charge in [0.05, 0.1) is 16.8 Å². The second kappa shape index (κ2) is 8.12. The maximum atomic E-state index is 12.4. The second-order valence-electron chi connectivity index (χ2n) is 7.04. The summed E-state index contributed by atoms with van der Waals surface area (Å²) in [7, 11) is 0. The zero-order chi connectivity index (χ0) is 18.6. The van der Waals surface area contributed by atoms with Crippen molar-refractivity contribution in [1.82, 2.24) is 20.1 Å². The molecule has 2 fully saturated rings. The summed E-state index contributed by atoms with van der Waals surface area (Å²) in [6.45, 7) is 4.53. The lowest BCUT2D eigenvalue weighted by Gasteiger charge is -2.34. The number of rotatable bonds is 3. The van der Waals surface area contributed by atoms with E-state index < -0.39 is 0 Å². The third-order valence-corrected chi connectivity index (χ3v) is 6.32. The SMILES string of the molecule is O=C(CNC(=O)N1CCCCC1)N1CCN(c2nc3ccccc3s2)CC1. The van der Waals surface area contributed by atoms with Crippen molar-refractivity contribution in [2.75, 3.05) is 50.7 Å². The molecule has 7 nitrogen and oxygen atoms in total. The molecule has 0 bridgehead atoms. The van der Waals surface area contributed by atoms with Crippen molar-refractivity contribution in [3.05, 3.63) is 24.3 Å². The number of amides is 3. The summed E-state index contributed by atoms with van der Waals surface area (Å²) in [6.07, 6.45) is 3.28. The van der Waals surface area contributed by atoms with Crippen LogP contribution in [0.2, 0.25) is 0 Å². The Morgan fingerprint density at radius 2 is 1.70 bits per heavy atom. The van der Waals surface area contributed by atoms with Crippen molar-refractivity contribution in [1.29, 1.82) is 0 Å². The molecular weight excluding hydrogens is 362 g/mol. The molecule has 0 atom stereocenters. The third-order valence-electron chi connectivity index (χ3n) is 5.22. The fourth-order valence-electron chi connectivity index (χ4n) is 3.61. The first-order valence-corrected chi connectivity index (χ1v) is 10.4. The molecule has 2 aliphatic rings. The number of piperidine rings is 1. The van der Waals surface area contributed by atoms with Crippen LogP contribution in [0.3, 0.4) is 0 Å². The molecule has 3 heterocycles. The molecule has 0 spiro atoms. The van der Waals surface area contributed by atoms with Gasteiger partial charge in [0.25, 0.3) is 0 Å².